The highest BCUT2D eigenvalue weighted by molar-refractivity contribution is 6.29. The van der Waals surface area contributed by atoms with Crippen LogP contribution in [0.3, 0.4) is 0 Å². The van der Waals surface area contributed by atoms with Crippen molar-refractivity contribution in [3.63, 3.8) is 0 Å². The summed E-state index contributed by atoms with van der Waals surface area (Å²) in [5.74, 6) is 0.603. The highest BCUT2D eigenvalue weighted by Gasteiger charge is 2.10. The summed E-state index contributed by atoms with van der Waals surface area (Å²) in [5.41, 5.74) is 5.98. The molecule has 0 bridgehead atoms. The lowest BCUT2D eigenvalue weighted by Gasteiger charge is -2.13. The smallest absolute Gasteiger partial charge is 0.251 e. The number of nitrogens with one attached hydrogen (secondary N) is 1. The number of nitrogens with zero attached hydrogens (tertiary/aromatic N) is 1. The highest BCUT2D eigenvalue weighted by Crippen LogP contribution is 2.12. The largest absolute Gasteiger partial charge is 0.384 e. The molecule has 0 aliphatic rings. The van der Waals surface area contributed by atoms with Crippen LogP contribution in [0.5, 0.6) is 0 Å². The Morgan fingerprint density at radius 1 is 1.47 bits per heavy atom. The lowest BCUT2D eigenvalue weighted by Crippen LogP contribution is -2.29. The fourth-order valence-corrected chi connectivity index (χ4v) is 1.78. The second kappa shape index (κ2) is 6.45. The topological polar surface area (TPSA) is 68.0 Å². The second-order valence-electron chi connectivity index (χ2n) is 4.00. The summed E-state index contributed by atoms with van der Waals surface area (Å²) in [4.78, 5) is 15.6. The first kappa shape index (κ1) is 13.8. The predicted molar refractivity (Wildman–Crippen MR) is 70.1 cm³/mol. The molecule has 4 nitrogen and oxygen atoms in total. The number of nitrogen functional groups attached to an aromatic ring is 1. The molecule has 1 amide bonds. The lowest BCUT2D eigenvalue weighted by molar-refractivity contribution is 0.0946. The minimum Gasteiger partial charge on any atom is -0.384 e. The minimum absolute atomic E-state index is 0.159. The molecule has 17 heavy (non-hydrogen) atoms. The zero-order chi connectivity index (χ0) is 12.8. The van der Waals surface area contributed by atoms with Crippen molar-refractivity contribution < 1.29 is 4.79 Å². The van der Waals surface area contributed by atoms with Crippen molar-refractivity contribution in [2.24, 2.45) is 5.92 Å². The first-order chi connectivity index (χ1) is 8.06. The lowest BCUT2D eigenvalue weighted by atomic mass is 10.0. The van der Waals surface area contributed by atoms with Crippen molar-refractivity contribution >= 4 is 23.3 Å². The van der Waals surface area contributed by atoms with E-state index in [-0.39, 0.29) is 16.9 Å². The zero-order valence-electron chi connectivity index (χ0n) is 10.2. The van der Waals surface area contributed by atoms with Crippen LogP contribution in [0.4, 0.5) is 5.82 Å². The number of anilines is 1. The van der Waals surface area contributed by atoms with Crippen molar-refractivity contribution in [3.8, 4) is 0 Å². The molecule has 0 atom stereocenters. The number of carbonyl (C=O) groups is 1. The fourth-order valence-electron chi connectivity index (χ4n) is 1.56. The summed E-state index contributed by atoms with van der Waals surface area (Å²) in [6, 6.07) is 3.04. The molecular formula is C12H18ClN3O. The average Bonchev–Trinajstić information content (AvgIpc) is 2.28. The first-order valence-electron chi connectivity index (χ1n) is 5.78. The maximum Gasteiger partial charge on any atom is 0.251 e. The van der Waals surface area contributed by atoms with Crippen molar-refractivity contribution in [3.05, 3.63) is 22.8 Å². The Hall–Kier alpha value is -1.29. The van der Waals surface area contributed by atoms with Gasteiger partial charge < -0.3 is 11.1 Å². The van der Waals surface area contributed by atoms with E-state index in [1.54, 1.807) is 0 Å². The van der Waals surface area contributed by atoms with E-state index >= 15 is 0 Å². The molecule has 0 saturated carbocycles. The van der Waals surface area contributed by atoms with Gasteiger partial charge in [0.15, 0.2) is 0 Å². The van der Waals surface area contributed by atoms with E-state index < -0.39 is 0 Å². The molecule has 1 heterocycles. The molecule has 0 aliphatic heterocycles. The second-order valence-corrected chi connectivity index (χ2v) is 4.38. The van der Waals surface area contributed by atoms with Crippen molar-refractivity contribution in [2.75, 3.05) is 12.3 Å². The number of hydrogen-bond acceptors (Lipinski definition) is 3. The monoisotopic (exact) mass is 255 g/mol. The van der Waals surface area contributed by atoms with Crippen molar-refractivity contribution in [1.29, 1.82) is 0 Å². The van der Waals surface area contributed by atoms with Gasteiger partial charge in [-0.05, 0) is 18.1 Å². The van der Waals surface area contributed by atoms with Gasteiger partial charge in [0.2, 0.25) is 0 Å². The third-order valence-corrected chi connectivity index (χ3v) is 2.98. The van der Waals surface area contributed by atoms with E-state index in [1.165, 1.54) is 12.1 Å². The SMILES string of the molecule is CCC(CC)CNC(=O)c1cc(N)nc(Cl)c1. The Morgan fingerprint density at radius 3 is 2.65 bits per heavy atom. The van der Waals surface area contributed by atoms with Crippen LogP contribution < -0.4 is 11.1 Å². The maximum absolute atomic E-state index is 11.8. The molecule has 5 heteroatoms. The Labute approximate surface area is 107 Å². The summed E-state index contributed by atoms with van der Waals surface area (Å²) in [7, 11) is 0. The van der Waals surface area contributed by atoms with Crippen LogP contribution in [0.25, 0.3) is 0 Å². The van der Waals surface area contributed by atoms with Gasteiger partial charge in [0.1, 0.15) is 11.0 Å². The number of rotatable bonds is 5. The maximum atomic E-state index is 11.8. The van der Waals surface area contributed by atoms with Crippen LogP contribution in [-0.4, -0.2) is 17.4 Å². The molecule has 0 spiro atoms. The van der Waals surface area contributed by atoms with Gasteiger partial charge in [-0.3, -0.25) is 4.79 Å². The highest BCUT2D eigenvalue weighted by atomic mass is 35.5. The third kappa shape index (κ3) is 4.23. The summed E-state index contributed by atoms with van der Waals surface area (Å²) >= 11 is 5.74. The molecule has 0 aromatic carbocycles. The molecular weight excluding hydrogens is 238 g/mol. The standard InChI is InChI=1S/C12H18ClN3O/c1-3-8(4-2)7-15-12(17)9-5-10(13)16-11(14)6-9/h5-6,8H,3-4,7H2,1-2H3,(H2,14,16)(H,15,17). The molecule has 0 radical (unpaired) electrons. The van der Waals surface area contributed by atoms with Gasteiger partial charge in [-0.15, -0.1) is 0 Å². The van der Waals surface area contributed by atoms with E-state index in [0.717, 1.165) is 12.8 Å². The van der Waals surface area contributed by atoms with Gasteiger partial charge in [0.25, 0.3) is 5.91 Å². The first-order valence-corrected chi connectivity index (χ1v) is 6.15. The van der Waals surface area contributed by atoms with Gasteiger partial charge in [-0.25, -0.2) is 4.98 Å². The zero-order valence-corrected chi connectivity index (χ0v) is 10.9. The molecule has 3 N–H and O–H groups in total. The van der Waals surface area contributed by atoms with E-state index in [9.17, 15) is 4.79 Å². The number of amides is 1. The van der Waals surface area contributed by atoms with Gasteiger partial charge in [0.05, 0.1) is 0 Å². The number of hydrogen-bond donors (Lipinski definition) is 2. The van der Waals surface area contributed by atoms with Crippen LogP contribution in [0, 0.1) is 5.92 Å². The third-order valence-electron chi connectivity index (χ3n) is 2.78. The number of aromatic nitrogens is 1. The van der Waals surface area contributed by atoms with Crippen molar-refractivity contribution in [1.82, 2.24) is 10.3 Å². The van der Waals surface area contributed by atoms with E-state index in [4.69, 9.17) is 17.3 Å². The summed E-state index contributed by atoms with van der Waals surface area (Å²) in [5, 5.41) is 3.11. The van der Waals surface area contributed by atoms with Crippen LogP contribution in [-0.2, 0) is 0 Å². The number of nitrogens with two attached hydrogens (primary N) is 1. The van der Waals surface area contributed by atoms with Crippen LogP contribution >= 0.6 is 11.6 Å². The van der Waals surface area contributed by atoms with Crippen LogP contribution in [0.1, 0.15) is 37.0 Å². The molecule has 0 saturated heterocycles. The summed E-state index contributed by atoms with van der Waals surface area (Å²) in [6.45, 7) is 4.90. The molecule has 94 valence electrons. The number of halogens is 1. The number of carbonyl (C=O) groups excluding carboxylic acids is 1. The Bertz CT molecular complexity index is 371. The molecule has 1 aromatic rings. The normalized spacial score (nSPS) is 10.6. The van der Waals surface area contributed by atoms with Crippen molar-refractivity contribution in [2.45, 2.75) is 26.7 Å². The Kier molecular flexibility index (Phi) is 5.22. The number of pyridine rings is 1. The van der Waals surface area contributed by atoms with E-state index in [0.29, 0.717) is 18.0 Å². The van der Waals surface area contributed by atoms with Crippen LogP contribution in [0.2, 0.25) is 5.15 Å². The van der Waals surface area contributed by atoms with E-state index in [1.807, 2.05) is 0 Å². The predicted octanol–water partition coefficient (Wildman–Crippen LogP) is 2.48. The summed E-state index contributed by atoms with van der Waals surface area (Å²) < 4.78 is 0. The Balaban J connectivity index is 2.63. The molecule has 0 unspecified atom stereocenters. The molecule has 0 aliphatic carbocycles. The Morgan fingerprint density at radius 2 is 2.12 bits per heavy atom. The van der Waals surface area contributed by atoms with Gasteiger partial charge in [0, 0.05) is 12.1 Å². The minimum atomic E-state index is -0.159. The van der Waals surface area contributed by atoms with Gasteiger partial charge in [-0.2, -0.15) is 0 Å². The van der Waals surface area contributed by atoms with Gasteiger partial charge >= 0.3 is 0 Å². The average molecular weight is 256 g/mol. The van der Waals surface area contributed by atoms with E-state index in [2.05, 4.69) is 24.1 Å². The quantitative estimate of drug-likeness (QED) is 0.795. The fraction of sp³-hybridized carbons (Fsp3) is 0.500. The van der Waals surface area contributed by atoms with Crippen LogP contribution in [0.15, 0.2) is 12.1 Å². The molecule has 0 fully saturated rings. The molecule has 1 rings (SSSR count). The molecule has 1 aromatic heterocycles. The summed E-state index contributed by atoms with van der Waals surface area (Å²) in [6.07, 6.45) is 2.10. The van der Waals surface area contributed by atoms with Gasteiger partial charge in [-0.1, -0.05) is 38.3 Å².